The van der Waals surface area contributed by atoms with Gasteiger partial charge in [-0.05, 0) is 74.8 Å². The lowest BCUT2D eigenvalue weighted by atomic mass is 9.77. The number of carboxylic acids is 1. The van der Waals surface area contributed by atoms with Gasteiger partial charge < -0.3 is 15.5 Å². The molecule has 1 aliphatic carbocycles. The first-order valence-corrected chi connectivity index (χ1v) is 12.2. The van der Waals surface area contributed by atoms with Crippen LogP contribution in [-0.4, -0.2) is 32.1 Å². The van der Waals surface area contributed by atoms with Crippen LogP contribution in [0.5, 0.6) is 5.75 Å². The molecular formula is C27H30F3N3O4. The summed E-state index contributed by atoms with van der Waals surface area (Å²) < 4.78 is 44.2. The van der Waals surface area contributed by atoms with Gasteiger partial charge in [0.15, 0.2) is 6.04 Å². The topological polar surface area (TPSA) is 107 Å². The summed E-state index contributed by atoms with van der Waals surface area (Å²) in [5, 5.41) is 25.5. The second-order valence-electron chi connectivity index (χ2n) is 9.82. The van der Waals surface area contributed by atoms with Crippen LogP contribution in [0.2, 0.25) is 0 Å². The molecule has 10 heteroatoms. The standard InChI is InChI=1S/C27H30F3N3O4/c1-14-10-11-19(12-15(14)2)33-25(35)22(16(3)32-33)31-24(27(28,29)30)21-9-5-8-20(23(21)34)17-6-4-7-18(13-17)26(36)37/h5,8-12,17-18,24,31-32,34H,4,6-7,13H2,1-3H3,(H,36,37). The summed E-state index contributed by atoms with van der Waals surface area (Å²) in [5.41, 5.74) is 1.58. The van der Waals surface area contributed by atoms with Crippen LogP contribution in [0, 0.1) is 26.7 Å². The molecule has 1 aliphatic rings. The van der Waals surface area contributed by atoms with Gasteiger partial charge in [-0.2, -0.15) is 13.2 Å². The number of aryl methyl sites for hydroxylation is 3. The highest BCUT2D eigenvalue weighted by Crippen LogP contribution is 2.45. The molecule has 1 aromatic heterocycles. The Morgan fingerprint density at radius 3 is 2.51 bits per heavy atom. The number of anilines is 1. The highest BCUT2D eigenvalue weighted by Gasteiger charge is 2.44. The number of para-hydroxylation sites is 1. The molecular weight excluding hydrogens is 487 g/mol. The van der Waals surface area contributed by atoms with Crippen LogP contribution in [-0.2, 0) is 4.79 Å². The minimum Gasteiger partial charge on any atom is -0.507 e. The number of nitrogens with zero attached hydrogens (tertiary/aromatic N) is 1. The molecule has 0 spiro atoms. The Morgan fingerprint density at radius 1 is 1.14 bits per heavy atom. The van der Waals surface area contributed by atoms with Gasteiger partial charge in [0.1, 0.15) is 11.4 Å². The Balaban J connectivity index is 1.72. The molecule has 0 aliphatic heterocycles. The first-order chi connectivity index (χ1) is 17.4. The smallest absolute Gasteiger partial charge is 0.412 e. The van der Waals surface area contributed by atoms with E-state index in [-0.39, 0.29) is 29.3 Å². The summed E-state index contributed by atoms with van der Waals surface area (Å²) in [6.07, 6.45) is -2.92. The van der Waals surface area contributed by atoms with Crippen molar-refractivity contribution in [2.75, 3.05) is 5.32 Å². The van der Waals surface area contributed by atoms with Gasteiger partial charge in [0.05, 0.1) is 17.3 Å². The fourth-order valence-electron chi connectivity index (χ4n) is 5.08. The Bertz CT molecular complexity index is 1380. The zero-order valence-corrected chi connectivity index (χ0v) is 20.8. The third-order valence-electron chi connectivity index (χ3n) is 7.31. The zero-order chi connectivity index (χ0) is 27.1. The summed E-state index contributed by atoms with van der Waals surface area (Å²) in [4.78, 5) is 24.6. The second kappa shape index (κ2) is 9.99. The summed E-state index contributed by atoms with van der Waals surface area (Å²) in [6, 6.07) is 7.06. The van der Waals surface area contributed by atoms with Gasteiger partial charge in [0.25, 0.3) is 5.56 Å². The van der Waals surface area contributed by atoms with E-state index in [9.17, 15) is 33.0 Å². The Kier molecular flexibility index (Phi) is 7.12. The van der Waals surface area contributed by atoms with Crippen molar-refractivity contribution in [3.8, 4) is 11.4 Å². The SMILES string of the molecule is Cc1ccc(-n2[nH]c(C)c(NC(c3cccc(C4CCCC(C(=O)O)C4)c3O)C(F)(F)F)c2=O)cc1C. The highest BCUT2D eigenvalue weighted by atomic mass is 19.4. The van der Waals surface area contributed by atoms with Crippen molar-refractivity contribution in [3.63, 3.8) is 0 Å². The van der Waals surface area contributed by atoms with Crippen LogP contribution < -0.4 is 10.9 Å². The maximum atomic E-state index is 14.3. The highest BCUT2D eigenvalue weighted by molar-refractivity contribution is 5.70. The molecule has 3 unspecified atom stereocenters. The van der Waals surface area contributed by atoms with Crippen LogP contribution in [0.1, 0.15) is 65.6 Å². The molecule has 1 fully saturated rings. The predicted molar refractivity (Wildman–Crippen MR) is 133 cm³/mol. The van der Waals surface area contributed by atoms with Crippen molar-refractivity contribution < 1.29 is 28.2 Å². The second-order valence-corrected chi connectivity index (χ2v) is 9.82. The van der Waals surface area contributed by atoms with Gasteiger partial charge in [0, 0.05) is 5.56 Å². The Morgan fingerprint density at radius 2 is 1.86 bits per heavy atom. The maximum Gasteiger partial charge on any atom is 0.412 e. The number of H-pyrrole nitrogens is 1. The molecule has 7 nitrogen and oxygen atoms in total. The Labute approximate surface area is 211 Å². The summed E-state index contributed by atoms with van der Waals surface area (Å²) in [7, 11) is 0. The molecule has 0 saturated heterocycles. The average Bonchev–Trinajstić information content (AvgIpc) is 3.12. The molecule has 3 aromatic rings. The molecule has 0 amide bonds. The van der Waals surface area contributed by atoms with Crippen LogP contribution in [0.3, 0.4) is 0 Å². The summed E-state index contributed by atoms with van der Waals surface area (Å²) in [6.45, 7) is 5.29. The Hall–Kier alpha value is -3.69. The number of carboxylic acid groups (broad SMARTS) is 1. The lowest BCUT2D eigenvalue weighted by molar-refractivity contribution is -0.144. The van der Waals surface area contributed by atoms with E-state index in [0.29, 0.717) is 24.9 Å². The monoisotopic (exact) mass is 517 g/mol. The molecule has 4 rings (SSSR count). The van der Waals surface area contributed by atoms with Crippen LogP contribution in [0.25, 0.3) is 5.69 Å². The summed E-state index contributed by atoms with van der Waals surface area (Å²) in [5.74, 6) is -2.46. The maximum absolute atomic E-state index is 14.3. The van der Waals surface area contributed by atoms with Gasteiger partial charge in [-0.1, -0.05) is 30.7 Å². The lowest BCUT2D eigenvalue weighted by Crippen LogP contribution is -2.31. The molecule has 198 valence electrons. The van der Waals surface area contributed by atoms with E-state index in [1.807, 2.05) is 19.9 Å². The lowest BCUT2D eigenvalue weighted by Gasteiger charge is -2.29. The predicted octanol–water partition coefficient (Wildman–Crippen LogP) is 5.87. The van der Waals surface area contributed by atoms with E-state index < -0.39 is 41.0 Å². The molecule has 37 heavy (non-hydrogen) atoms. The van der Waals surface area contributed by atoms with Gasteiger partial charge in [-0.25, -0.2) is 4.68 Å². The van der Waals surface area contributed by atoms with Crippen molar-refractivity contribution in [2.24, 2.45) is 5.92 Å². The van der Waals surface area contributed by atoms with Crippen molar-refractivity contribution in [1.82, 2.24) is 9.78 Å². The fourth-order valence-corrected chi connectivity index (χ4v) is 5.08. The fraction of sp³-hybridized carbons (Fsp3) is 0.407. The number of aromatic nitrogens is 2. The first-order valence-electron chi connectivity index (χ1n) is 12.2. The zero-order valence-electron chi connectivity index (χ0n) is 20.8. The van der Waals surface area contributed by atoms with E-state index in [4.69, 9.17) is 0 Å². The number of phenolic OH excluding ortho intramolecular Hbond substituents is 1. The first kappa shape index (κ1) is 26.4. The van der Waals surface area contributed by atoms with E-state index in [1.54, 1.807) is 12.1 Å². The molecule has 2 aromatic carbocycles. The van der Waals surface area contributed by atoms with Crippen molar-refractivity contribution in [1.29, 1.82) is 0 Å². The average molecular weight is 518 g/mol. The number of rotatable bonds is 6. The number of carbonyl (C=O) groups is 1. The van der Waals surface area contributed by atoms with Gasteiger partial charge in [-0.15, -0.1) is 0 Å². The number of hydrogen-bond acceptors (Lipinski definition) is 4. The van der Waals surface area contributed by atoms with Crippen molar-refractivity contribution in [3.05, 3.63) is 74.7 Å². The number of benzene rings is 2. The van der Waals surface area contributed by atoms with E-state index in [1.165, 1.54) is 29.8 Å². The number of alkyl halides is 3. The third kappa shape index (κ3) is 5.23. The normalized spacial score (nSPS) is 19.0. The third-order valence-corrected chi connectivity index (χ3v) is 7.31. The van der Waals surface area contributed by atoms with Gasteiger partial charge in [-0.3, -0.25) is 14.7 Å². The quantitative estimate of drug-likeness (QED) is 0.327. The van der Waals surface area contributed by atoms with Crippen LogP contribution >= 0.6 is 0 Å². The van der Waals surface area contributed by atoms with Crippen molar-refractivity contribution >= 4 is 11.7 Å². The minimum absolute atomic E-state index is 0.213. The molecule has 0 bridgehead atoms. The van der Waals surface area contributed by atoms with Gasteiger partial charge >= 0.3 is 12.1 Å². The number of phenols is 1. The minimum atomic E-state index is -4.84. The molecule has 1 heterocycles. The molecule has 1 saturated carbocycles. The van der Waals surface area contributed by atoms with Crippen molar-refractivity contribution in [2.45, 2.75) is 64.6 Å². The van der Waals surface area contributed by atoms with E-state index in [0.717, 1.165) is 11.1 Å². The number of aromatic hydroxyl groups is 1. The van der Waals surface area contributed by atoms with Crippen LogP contribution in [0.4, 0.5) is 18.9 Å². The number of aromatic amines is 1. The van der Waals surface area contributed by atoms with E-state index >= 15 is 0 Å². The summed E-state index contributed by atoms with van der Waals surface area (Å²) >= 11 is 0. The number of halogens is 3. The number of nitrogens with one attached hydrogen (secondary N) is 2. The van der Waals surface area contributed by atoms with E-state index in [2.05, 4.69) is 10.4 Å². The number of aliphatic carboxylic acids is 1. The van der Waals surface area contributed by atoms with Gasteiger partial charge in [0.2, 0.25) is 0 Å². The molecule has 0 radical (unpaired) electrons. The molecule has 4 N–H and O–H groups in total. The van der Waals surface area contributed by atoms with Crippen LogP contribution in [0.15, 0.2) is 41.2 Å². The molecule has 3 atom stereocenters. The largest absolute Gasteiger partial charge is 0.507 e. The number of hydrogen-bond donors (Lipinski definition) is 4.